The maximum atomic E-state index is 13.3. The van der Waals surface area contributed by atoms with E-state index in [9.17, 15) is 13.2 Å². The smallest absolute Gasteiger partial charge is 0.243 e. The first kappa shape index (κ1) is 23.5. The van der Waals surface area contributed by atoms with Crippen molar-refractivity contribution in [1.29, 1.82) is 0 Å². The van der Waals surface area contributed by atoms with Gasteiger partial charge < -0.3 is 5.32 Å². The molecule has 162 valence electrons. The van der Waals surface area contributed by atoms with Gasteiger partial charge >= 0.3 is 0 Å². The standard InChI is InChI=1S/C23H22BrClN2O3S/c1-17(19-7-11-21(25)12-8-19)26-23(28)16-27(15-18-5-3-2-4-6-18)31(29,30)22-13-9-20(24)10-14-22/h2-14,17H,15-16H2,1H3,(H,26,28). The highest BCUT2D eigenvalue weighted by Gasteiger charge is 2.27. The minimum atomic E-state index is -3.88. The molecule has 0 aliphatic carbocycles. The van der Waals surface area contributed by atoms with Crippen LogP contribution in [0.25, 0.3) is 0 Å². The molecule has 3 aromatic carbocycles. The number of nitrogens with zero attached hydrogens (tertiary/aromatic N) is 1. The molecular weight excluding hydrogens is 500 g/mol. The van der Waals surface area contributed by atoms with E-state index in [1.54, 1.807) is 24.3 Å². The molecule has 8 heteroatoms. The lowest BCUT2D eigenvalue weighted by molar-refractivity contribution is -0.122. The molecular formula is C23H22BrClN2O3S. The second kappa shape index (κ2) is 10.4. The van der Waals surface area contributed by atoms with Gasteiger partial charge in [0.15, 0.2) is 0 Å². The predicted octanol–water partition coefficient (Wildman–Crippen LogP) is 5.17. The van der Waals surface area contributed by atoms with E-state index < -0.39 is 10.0 Å². The fraction of sp³-hybridized carbons (Fsp3) is 0.174. The molecule has 1 amide bonds. The summed E-state index contributed by atoms with van der Waals surface area (Å²) in [5.41, 5.74) is 1.67. The van der Waals surface area contributed by atoms with Crippen molar-refractivity contribution >= 4 is 43.5 Å². The van der Waals surface area contributed by atoms with Gasteiger partial charge in [0.05, 0.1) is 17.5 Å². The van der Waals surface area contributed by atoms with Crippen LogP contribution in [0.2, 0.25) is 5.02 Å². The average molecular weight is 522 g/mol. The number of carbonyl (C=O) groups is 1. The first-order valence-electron chi connectivity index (χ1n) is 9.60. The first-order chi connectivity index (χ1) is 14.8. The Labute approximate surface area is 196 Å². The van der Waals surface area contributed by atoms with Gasteiger partial charge in [-0.25, -0.2) is 8.42 Å². The van der Waals surface area contributed by atoms with Crippen LogP contribution in [0.5, 0.6) is 0 Å². The number of carbonyl (C=O) groups excluding carboxylic acids is 1. The molecule has 0 spiro atoms. The highest BCUT2D eigenvalue weighted by molar-refractivity contribution is 9.10. The molecule has 0 saturated carbocycles. The van der Waals surface area contributed by atoms with Gasteiger partial charge in [0, 0.05) is 16.0 Å². The first-order valence-corrected chi connectivity index (χ1v) is 12.2. The summed E-state index contributed by atoms with van der Waals surface area (Å²) in [5, 5.41) is 3.48. The molecule has 1 unspecified atom stereocenters. The summed E-state index contributed by atoms with van der Waals surface area (Å²) < 4.78 is 28.5. The number of hydrogen-bond donors (Lipinski definition) is 1. The molecule has 3 rings (SSSR count). The summed E-state index contributed by atoms with van der Waals surface area (Å²) in [6.07, 6.45) is 0. The number of amides is 1. The monoisotopic (exact) mass is 520 g/mol. The van der Waals surface area contributed by atoms with E-state index in [0.717, 1.165) is 15.6 Å². The van der Waals surface area contributed by atoms with Gasteiger partial charge in [0.25, 0.3) is 0 Å². The van der Waals surface area contributed by atoms with Crippen LogP contribution in [0.3, 0.4) is 0 Å². The molecule has 1 N–H and O–H groups in total. The van der Waals surface area contributed by atoms with Crippen LogP contribution < -0.4 is 5.32 Å². The van der Waals surface area contributed by atoms with Gasteiger partial charge in [-0.1, -0.05) is 70.0 Å². The van der Waals surface area contributed by atoms with Crippen molar-refractivity contribution in [1.82, 2.24) is 9.62 Å². The quantitative estimate of drug-likeness (QED) is 0.445. The Morgan fingerprint density at radius 2 is 1.61 bits per heavy atom. The van der Waals surface area contributed by atoms with E-state index >= 15 is 0 Å². The van der Waals surface area contributed by atoms with Gasteiger partial charge in [-0.2, -0.15) is 4.31 Å². The van der Waals surface area contributed by atoms with Gasteiger partial charge in [-0.15, -0.1) is 0 Å². The topological polar surface area (TPSA) is 66.5 Å². The van der Waals surface area contributed by atoms with Crippen LogP contribution in [0.1, 0.15) is 24.1 Å². The van der Waals surface area contributed by atoms with Crippen LogP contribution in [0.15, 0.2) is 88.2 Å². The number of hydrogen-bond acceptors (Lipinski definition) is 3. The van der Waals surface area contributed by atoms with E-state index in [1.165, 1.54) is 16.4 Å². The molecule has 0 aliphatic rings. The fourth-order valence-electron chi connectivity index (χ4n) is 3.05. The van der Waals surface area contributed by atoms with E-state index in [4.69, 9.17) is 11.6 Å². The van der Waals surface area contributed by atoms with Crippen molar-refractivity contribution in [3.63, 3.8) is 0 Å². The molecule has 1 atom stereocenters. The zero-order valence-corrected chi connectivity index (χ0v) is 20.0. The maximum Gasteiger partial charge on any atom is 0.243 e. The molecule has 0 saturated heterocycles. The SMILES string of the molecule is CC(NC(=O)CN(Cc1ccccc1)S(=O)(=O)c1ccc(Br)cc1)c1ccc(Cl)cc1. The van der Waals surface area contributed by atoms with Crippen molar-refractivity contribution in [2.45, 2.75) is 24.4 Å². The molecule has 3 aromatic rings. The Hall–Kier alpha value is -2.19. The number of benzene rings is 3. The number of rotatable bonds is 8. The molecule has 5 nitrogen and oxygen atoms in total. The molecule has 0 aliphatic heterocycles. The summed E-state index contributed by atoms with van der Waals surface area (Å²) in [6, 6.07) is 22.4. The number of nitrogens with one attached hydrogen (secondary N) is 1. The highest BCUT2D eigenvalue weighted by Crippen LogP contribution is 2.21. The second-order valence-corrected chi connectivity index (χ2v) is 10.3. The second-order valence-electron chi connectivity index (χ2n) is 7.05. The van der Waals surface area contributed by atoms with Crippen LogP contribution in [0.4, 0.5) is 0 Å². The van der Waals surface area contributed by atoms with Crippen molar-refractivity contribution in [2.24, 2.45) is 0 Å². The third-order valence-corrected chi connectivity index (χ3v) is 7.31. The highest BCUT2D eigenvalue weighted by atomic mass is 79.9. The summed E-state index contributed by atoms with van der Waals surface area (Å²) in [6.45, 7) is 1.62. The predicted molar refractivity (Wildman–Crippen MR) is 126 cm³/mol. The van der Waals surface area contributed by atoms with Gasteiger partial charge in [0.1, 0.15) is 0 Å². The lowest BCUT2D eigenvalue weighted by atomic mass is 10.1. The Morgan fingerprint density at radius 3 is 2.23 bits per heavy atom. The van der Waals surface area contributed by atoms with Gasteiger partial charge in [-0.3, -0.25) is 4.79 Å². The number of sulfonamides is 1. The molecule has 0 fully saturated rings. The molecule has 0 radical (unpaired) electrons. The van der Waals surface area contributed by atoms with Crippen LogP contribution in [-0.4, -0.2) is 25.2 Å². The van der Waals surface area contributed by atoms with Crippen LogP contribution in [-0.2, 0) is 21.4 Å². The average Bonchev–Trinajstić information content (AvgIpc) is 2.74. The van der Waals surface area contributed by atoms with Crippen molar-refractivity contribution in [3.8, 4) is 0 Å². The molecule has 0 bridgehead atoms. The lowest BCUT2D eigenvalue weighted by Crippen LogP contribution is -2.41. The Kier molecular flexibility index (Phi) is 7.89. The fourth-order valence-corrected chi connectivity index (χ4v) is 4.83. The zero-order chi connectivity index (χ0) is 22.4. The Morgan fingerprint density at radius 1 is 1.00 bits per heavy atom. The lowest BCUT2D eigenvalue weighted by Gasteiger charge is -2.23. The van der Waals surface area contributed by atoms with Crippen LogP contribution in [0, 0.1) is 0 Å². The third kappa shape index (κ3) is 6.40. The van der Waals surface area contributed by atoms with Crippen molar-refractivity contribution in [3.05, 3.63) is 99.5 Å². The largest absolute Gasteiger partial charge is 0.348 e. The van der Waals surface area contributed by atoms with Crippen molar-refractivity contribution < 1.29 is 13.2 Å². The summed E-state index contributed by atoms with van der Waals surface area (Å²) in [4.78, 5) is 12.9. The van der Waals surface area contributed by atoms with E-state index in [2.05, 4.69) is 21.2 Å². The van der Waals surface area contributed by atoms with Gasteiger partial charge in [0.2, 0.25) is 15.9 Å². The van der Waals surface area contributed by atoms with Crippen molar-refractivity contribution in [2.75, 3.05) is 6.54 Å². The van der Waals surface area contributed by atoms with E-state index in [-0.39, 0.29) is 29.9 Å². The third-order valence-electron chi connectivity index (χ3n) is 4.72. The summed E-state index contributed by atoms with van der Waals surface area (Å²) >= 11 is 9.24. The molecule has 31 heavy (non-hydrogen) atoms. The Bertz CT molecular complexity index is 1120. The molecule has 0 aromatic heterocycles. The minimum absolute atomic E-state index is 0.0853. The molecule has 0 heterocycles. The van der Waals surface area contributed by atoms with E-state index in [1.807, 2.05) is 49.4 Å². The maximum absolute atomic E-state index is 13.3. The minimum Gasteiger partial charge on any atom is -0.348 e. The summed E-state index contributed by atoms with van der Waals surface area (Å²) in [7, 11) is -3.88. The van der Waals surface area contributed by atoms with E-state index in [0.29, 0.717) is 5.02 Å². The number of halogens is 2. The van der Waals surface area contributed by atoms with Crippen LogP contribution >= 0.6 is 27.5 Å². The normalized spacial score (nSPS) is 12.5. The van der Waals surface area contributed by atoms with Gasteiger partial charge in [-0.05, 0) is 54.4 Å². The summed E-state index contributed by atoms with van der Waals surface area (Å²) in [5.74, 6) is -0.390. The zero-order valence-electron chi connectivity index (χ0n) is 16.8. The Balaban J connectivity index is 1.81.